The molecule has 92 valence electrons. The summed E-state index contributed by atoms with van der Waals surface area (Å²) in [6, 6.07) is 5.63. The Kier molecular flexibility index (Phi) is 3.39. The molecule has 0 heterocycles. The van der Waals surface area contributed by atoms with Crippen LogP contribution < -0.4 is 0 Å². The molecule has 0 amide bonds. The lowest BCUT2D eigenvalue weighted by atomic mass is 10.0. The Morgan fingerprint density at radius 2 is 1.22 bits per heavy atom. The predicted octanol–water partition coefficient (Wildman–Crippen LogP) is 3.99. The molecule has 0 aromatic heterocycles. The van der Waals surface area contributed by atoms with Gasteiger partial charge in [-0.05, 0) is 30.3 Å². The topological polar surface area (TPSA) is 17.1 Å². The molecule has 0 saturated carbocycles. The van der Waals surface area contributed by atoms with Crippen LogP contribution in [0.2, 0.25) is 5.02 Å². The maximum absolute atomic E-state index is 13.1. The van der Waals surface area contributed by atoms with Gasteiger partial charge in [-0.3, -0.25) is 4.79 Å². The summed E-state index contributed by atoms with van der Waals surface area (Å²) < 4.78 is 39.0. The summed E-state index contributed by atoms with van der Waals surface area (Å²) in [4.78, 5) is 11.9. The van der Waals surface area contributed by atoms with Crippen molar-refractivity contribution in [1.29, 1.82) is 0 Å². The van der Waals surface area contributed by atoms with Gasteiger partial charge in [0.15, 0.2) is 5.78 Å². The van der Waals surface area contributed by atoms with E-state index in [9.17, 15) is 18.0 Å². The normalized spacial score (nSPS) is 10.4. The van der Waals surface area contributed by atoms with E-state index in [1.54, 1.807) is 0 Å². The molecular formula is C13H6ClF3O. The molecule has 0 saturated heterocycles. The fourth-order valence-corrected chi connectivity index (χ4v) is 1.76. The number of halogens is 4. The molecule has 0 N–H and O–H groups in total. The standard InChI is InChI=1S/C13H6ClF3O/c14-9-1-7(2-10(15)5-9)13(18)8-3-11(16)6-12(17)4-8/h1-6H. The first-order valence-electron chi connectivity index (χ1n) is 4.92. The van der Waals surface area contributed by atoms with E-state index in [-0.39, 0.29) is 16.1 Å². The smallest absolute Gasteiger partial charge is 0.193 e. The minimum absolute atomic E-state index is 0.0372. The maximum atomic E-state index is 13.1. The Morgan fingerprint density at radius 1 is 0.778 bits per heavy atom. The van der Waals surface area contributed by atoms with Gasteiger partial charge in [0.1, 0.15) is 17.5 Å². The fourth-order valence-electron chi connectivity index (χ4n) is 1.54. The third-order valence-electron chi connectivity index (χ3n) is 2.25. The Labute approximate surface area is 106 Å². The molecule has 2 aromatic rings. The van der Waals surface area contributed by atoms with Crippen LogP contribution in [-0.4, -0.2) is 5.78 Å². The summed E-state index contributed by atoms with van der Waals surface area (Å²) in [5, 5.41) is 0.0372. The second kappa shape index (κ2) is 4.82. The van der Waals surface area contributed by atoms with Crippen molar-refractivity contribution < 1.29 is 18.0 Å². The number of hydrogen-bond donors (Lipinski definition) is 0. The van der Waals surface area contributed by atoms with Gasteiger partial charge in [0.2, 0.25) is 0 Å². The van der Waals surface area contributed by atoms with Gasteiger partial charge < -0.3 is 0 Å². The van der Waals surface area contributed by atoms with Crippen LogP contribution in [0.1, 0.15) is 15.9 Å². The Bertz CT molecular complexity index is 532. The summed E-state index contributed by atoms with van der Waals surface area (Å²) in [7, 11) is 0. The van der Waals surface area contributed by atoms with E-state index in [1.807, 2.05) is 0 Å². The van der Waals surface area contributed by atoms with Crippen LogP contribution in [0.5, 0.6) is 0 Å². The summed E-state index contributed by atoms with van der Waals surface area (Å²) in [6.45, 7) is 0. The van der Waals surface area contributed by atoms with Crippen molar-refractivity contribution in [1.82, 2.24) is 0 Å². The number of hydrogen-bond acceptors (Lipinski definition) is 1. The summed E-state index contributed by atoms with van der Waals surface area (Å²) in [5.74, 6) is -3.14. The quantitative estimate of drug-likeness (QED) is 0.754. The minimum Gasteiger partial charge on any atom is -0.289 e. The lowest BCUT2D eigenvalue weighted by molar-refractivity contribution is 0.103. The average Bonchev–Trinajstić information content (AvgIpc) is 2.25. The number of benzene rings is 2. The van der Waals surface area contributed by atoms with Crippen molar-refractivity contribution in [3.8, 4) is 0 Å². The molecule has 2 rings (SSSR count). The maximum Gasteiger partial charge on any atom is 0.193 e. The highest BCUT2D eigenvalue weighted by molar-refractivity contribution is 6.31. The van der Waals surface area contributed by atoms with Gasteiger partial charge in [-0.1, -0.05) is 11.6 Å². The molecule has 0 aliphatic rings. The highest BCUT2D eigenvalue weighted by Crippen LogP contribution is 2.18. The first-order valence-corrected chi connectivity index (χ1v) is 5.30. The van der Waals surface area contributed by atoms with Gasteiger partial charge in [-0.15, -0.1) is 0 Å². The van der Waals surface area contributed by atoms with Gasteiger partial charge in [-0.25, -0.2) is 13.2 Å². The van der Waals surface area contributed by atoms with E-state index in [0.717, 1.165) is 24.3 Å². The third-order valence-corrected chi connectivity index (χ3v) is 2.47. The van der Waals surface area contributed by atoms with Crippen LogP contribution in [0.25, 0.3) is 0 Å². The first kappa shape index (κ1) is 12.6. The molecule has 5 heteroatoms. The van der Waals surface area contributed by atoms with Crippen LogP contribution in [0.3, 0.4) is 0 Å². The van der Waals surface area contributed by atoms with Crippen molar-refractivity contribution in [3.63, 3.8) is 0 Å². The van der Waals surface area contributed by atoms with Gasteiger partial charge >= 0.3 is 0 Å². The summed E-state index contributed by atoms with van der Waals surface area (Å²) in [6.07, 6.45) is 0. The highest BCUT2D eigenvalue weighted by atomic mass is 35.5. The van der Waals surface area contributed by atoms with E-state index in [4.69, 9.17) is 11.6 Å². The van der Waals surface area contributed by atoms with E-state index in [2.05, 4.69) is 0 Å². The molecule has 0 atom stereocenters. The van der Waals surface area contributed by atoms with Crippen molar-refractivity contribution in [2.45, 2.75) is 0 Å². The molecule has 0 unspecified atom stereocenters. The molecule has 0 aliphatic heterocycles. The molecule has 0 radical (unpaired) electrons. The van der Waals surface area contributed by atoms with E-state index in [0.29, 0.717) is 6.07 Å². The minimum atomic E-state index is -0.874. The van der Waals surface area contributed by atoms with Crippen LogP contribution in [-0.2, 0) is 0 Å². The third kappa shape index (κ3) is 2.71. The van der Waals surface area contributed by atoms with E-state index < -0.39 is 23.2 Å². The fraction of sp³-hybridized carbons (Fsp3) is 0. The van der Waals surface area contributed by atoms with Gasteiger partial charge in [0.25, 0.3) is 0 Å². The second-order valence-corrected chi connectivity index (χ2v) is 4.08. The zero-order chi connectivity index (χ0) is 13.3. The van der Waals surface area contributed by atoms with Crippen LogP contribution in [0.15, 0.2) is 36.4 Å². The molecule has 0 aliphatic carbocycles. The summed E-state index contributed by atoms with van der Waals surface area (Å²) >= 11 is 5.60. The van der Waals surface area contributed by atoms with Gasteiger partial charge in [0.05, 0.1) is 0 Å². The molecule has 18 heavy (non-hydrogen) atoms. The number of rotatable bonds is 2. The second-order valence-electron chi connectivity index (χ2n) is 3.65. The van der Waals surface area contributed by atoms with Crippen molar-refractivity contribution in [2.75, 3.05) is 0 Å². The number of carbonyl (C=O) groups excluding carboxylic acids is 1. The predicted molar refractivity (Wildman–Crippen MR) is 61.2 cm³/mol. The molecule has 0 spiro atoms. The van der Waals surface area contributed by atoms with Crippen LogP contribution in [0.4, 0.5) is 13.2 Å². The molecule has 1 nitrogen and oxygen atoms in total. The SMILES string of the molecule is O=C(c1cc(F)cc(F)c1)c1cc(F)cc(Cl)c1. The molecular weight excluding hydrogens is 265 g/mol. The monoisotopic (exact) mass is 270 g/mol. The Hall–Kier alpha value is -1.81. The number of carbonyl (C=O) groups is 1. The van der Waals surface area contributed by atoms with Crippen molar-refractivity contribution in [3.05, 3.63) is 70.0 Å². The largest absolute Gasteiger partial charge is 0.289 e. The van der Waals surface area contributed by atoms with Gasteiger partial charge in [0, 0.05) is 22.2 Å². The van der Waals surface area contributed by atoms with E-state index in [1.165, 1.54) is 6.07 Å². The average molecular weight is 271 g/mol. The number of ketones is 1. The van der Waals surface area contributed by atoms with Crippen molar-refractivity contribution >= 4 is 17.4 Å². The van der Waals surface area contributed by atoms with Gasteiger partial charge in [-0.2, -0.15) is 0 Å². The highest BCUT2D eigenvalue weighted by Gasteiger charge is 2.13. The zero-order valence-electron chi connectivity index (χ0n) is 8.88. The summed E-state index contributed by atoms with van der Waals surface area (Å²) in [5.41, 5.74) is -0.265. The van der Waals surface area contributed by atoms with Crippen molar-refractivity contribution in [2.24, 2.45) is 0 Å². The van der Waals surface area contributed by atoms with E-state index >= 15 is 0 Å². The zero-order valence-corrected chi connectivity index (χ0v) is 9.64. The Balaban J connectivity index is 2.47. The molecule has 0 bridgehead atoms. The molecule has 0 fully saturated rings. The van der Waals surface area contributed by atoms with Crippen LogP contribution >= 0.6 is 11.6 Å². The first-order chi connectivity index (χ1) is 8.45. The lowest BCUT2D eigenvalue weighted by Crippen LogP contribution is -2.03. The Morgan fingerprint density at radius 3 is 1.72 bits per heavy atom. The lowest BCUT2D eigenvalue weighted by Gasteiger charge is -2.03. The van der Waals surface area contributed by atoms with Crippen LogP contribution in [0, 0.1) is 17.5 Å². The molecule has 2 aromatic carbocycles.